The van der Waals surface area contributed by atoms with Crippen LogP contribution in [0.2, 0.25) is 0 Å². The van der Waals surface area contributed by atoms with E-state index in [-0.39, 0.29) is 19.0 Å². The van der Waals surface area contributed by atoms with Crippen molar-refractivity contribution >= 4 is 19.6 Å². The molecule has 0 amide bonds. The number of benzene rings is 2. The number of thioether (sulfide) groups is 1. The SMILES string of the molecule is CCCCCCCCCCCCOc1cccc(OCC(COP(=O)(O)Oc2ccc(CN3C=C(C)SC3)cc2)OC)c1. The molecule has 43 heavy (non-hydrogen) atoms. The third-order valence-corrected chi connectivity index (χ3v) is 9.06. The molecular weight excluding hydrogens is 585 g/mol. The minimum absolute atomic E-state index is 0.135. The highest BCUT2D eigenvalue weighted by atomic mass is 32.2. The van der Waals surface area contributed by atoms with E-state index >= 15 is 0 Å². The van der Waals surface area contributed by atoms with Gasteiger partial charge < -0.3 is 23.6 Å². The summed E-state index contributed by atoms with van der Waals surface area (Å²) in [6.45, 7) is 5.75. The Morgan fingerprint density at radius 2 is 1.53 bits per heavy atom. The molecule has 2 unspecified atom stereocenters. The fourth-order valence-corrected chi connectivity index (χ4v) is 6.20. The van der Waals surface area contributed by atoms with Crippen molar-refractivity contribution in [3.8, 4) is 17.2 Å². The van der Waals surface area contributed by atoms with Crippen LogP contribution in [0.4, 0.5) is 0 Å². The van der Waals surface area contributed by atoms with Gasteiger partial charge in [0.15, 0.2) is 0 Å². The van der Waals surface area contributed by atoms with Crippen molar-refractivity contribution in [3.63, 3.8) is 0 Å². The van der Waals surface area contributed by atoms with Crippen LogP contribution in [0, 0.1) is 0 Å². The molecule has 240 valence electrons. The predicted octanol–water partition coefficient (Wildman–Crippen LogP) is 8.94. The molecule has 1 aliphatic rings. The average Bonchev–Trinajstić information content (AvgIpc) is 3.41. The molecule has 1 N–H and O–H groups in total. The Hall–Kier alpha value is -2.16. The molecule has 0 bridgehead atoms. The van der Waals surface area contributed by atoms with Crippen LogP contribution in [-0.2, 0) is 20.4 Å². The topological polar surface area (TPSA) is 86.7 Å². The summed E-state index contributed by atoms with van der Waals surface area (Å²) < 4.78 is 40.2. The molecular formula is C33H50NO7PS. The van der Waals surface area contributed by atoms with E-state index in [1.54, 1.807) is 23.9 Å². The van der Waals surface area contributed by atoms with Gasteiger partial charge in [-0.2, -0.15) is 0 Å². The summed E-state index contributed by atoms with van der Waals surface area (Å²) in [5.74, 6) is 2.57. The monoisotopic (exact) mass is 635 g/mol. The molecule has 0 spiro atoms. The van der Waals surface area contributed by atoms with Gasteiger partial charge in [0.1, 0.15) is 30.0 Å². The van der Waals surface area contributed by atoms with E-state index in [0.717, 1.165) is 30.2 Å². The van der Waals surface area contributed by atoms with Crippen LogP contribution in [0.1, 0.15) is 83.6 Å². The van der Waals surface area contributed by atoms with Crippen LogP contribution in [0.15, 0.2) is 59.6 Å². The van der Waals surface area contributed by atoms with Gasteiger partial charge in [-0.3, -0.25) is 9.42 Å². The van der Waals surface area contributed by atoms with Gasteiger partial charge in [-0.25, -0.2) is 4.57 Å². The molecule has 0 saturated heterocycles. The Balaban J connectivity index is 1.31. The molecule has 2 atom stereocenters. The first-order valence-electron chi connectivity index (χ1n) is 15.6. The Kier molecular flexibility index (Phi) is 16.4. The van der Waals surface area contributed by atoms with E-state index in [2.05, 4.69) is 24.9 Å². The molecule has 1 heterocycles. The van der Waals surface area contributed by atoms with Gasteiger partial charge in [-0.05, 0) is 48.1 Å². The lowest BCUT2D eigenvalue weighted by atomic mass is 10.1. The molecule has 0 aliphatic carbocycles. The highest BCUT2D eigenvalue weighted by molar-refractivity contribution is 8.03. The molecule has 8 nitrogen and oxygen atoms in total. The number of hydrogen-bond acceptors (Lipinski definition) is 8. The maximum Gasteiger partial charge on any atom is 0.527 e. The van der Waals surface area contributed by atoms with E-state index in [1.165, 1.54) is 69.8 Å². The Morgan fingerprint density at radius 1 is 0.884 bits per heavy atom. The molecule has 2 aromatic rings. The minimum atomic E-state index is -4.35. The average molecular weight is 636 g/mol. The van der Waals surface area contributed by atoms with Gasteiger partial charge in [0.2, 0.25) is 0 Å². The Bertz CT molecular complexity index is 1130. The van der Waals surface area contributed by atoms with Gasteiger partial charge in [-0.15, -0.1) is 11.8 Å². The summed E-state index contributed by atoms with van der Waals surface area (Å²) in [6, 6.07) is 14.6. The maximum absolute atomic E-state index is 12.5. The number of hydrogen-bond donors (Lipinski definition) is 1. The lowest BCUT2D eigenvalue weighted by Gasteiger charge is -2.19. The number of allylic oxidation sites excluding steroid dienone is 1. The fourth-order valence-electron chi connectivity index (χ4n) is 4.64. The fraction of sp³-hybridized carbons (Fsp3) is 0.576. The summed E-state index contributed by atoms with van der Waals surface area (Å²) in [5, 5.41) is 0. The predicted molar refractivity (Wildman–Crippen MR) is 175 cm³/mol. The van der Waals surface area contributed by atoms with Crippen LogP contribution in [-0.4, -0.2) is 48.7 Å². The zero-order chi connectivity index (χ0) is 30.8. The lowest BCUT2D eigenvalue weighted by molar-refractivity contribution is 0.0160. The van der Waals surface area contributed by atoms with E-state index in [0.29, 0.717) is 12.4 Å². The second kappa shape index (κ2) is 20.0. The lowest BCUT2D eigenvalue weighted by Crippen LogP contribution is -2.25. The summed E-state index contributed by atoms with van der Waals surface area (Å²) in [7, 11) is -2.85. The number of phosphoric acid groups is 1. The summed E-state index contributed by atoms with van der Waals surface area (Å²) in [5.41, 5.74) is 1.08. The standard InChI is InChI=1S/C33H50NO7PS/c1-4-5-6-7-8-9-10-11-12-13-21-38-31-15-14-16-32(22-31)39-25-33(37-3)26-40-42(35,36)41-30-19-17-29(18-20-30)24-34-23-28(2)43-27-34/h14-20,22-23,33H,4-13,21,24-27H2,1-3H3,(H,35,36). The first-order valence-corrected chi connectivity index (χ1v) is 18.0. The number of methoxy groups -OCH3 is 1. The highest BCUT2D eigenvalue weighted by Crippen LogP contribution is 2.44. The van der Waals surface area contributed by atoms with Gasteiger partial charge in [0.25, 0.3) is 0 Å². The first-order chi connectivity index (χ1) is 20.9. The molecule has 2 aromatic carbocycles. The van der Waals surface area contributed by atoms with E-state index in [9.17, 15) is 9.46 Å². The molecule has 0 aromatic heterocycles. The van der Waals surface area contributed by atoms with Gasteiger partial charge >= 0.3 is 7.82 Å². The maximum atomic E-state index is 12.5. The van der Waals surface area contributed by atoms with Gasteiger partial charge in [0.05, 0.1) is 19.1 Å². The third kappa shape index (κ3) is 14.9. The molecule has 10 heteroatoms. The van der Waals surface area contributed by atoms with Crippen LogP contribution in [0.25, 0.3) is 0 Å². The van der Waals surface area contributed by atoms with Gasteiger partial charge in [0, 0.05) is 25.9 Å². The third-order valence-electron chi connectivity index (χ3n) is 7.12. The highest BCUT2D eigenvalue weighted by Gasteiger charge is 2.25. The zero-order valence-corrected chi connectivity index (χ0v) is 27.8. The van der Waals surface area contributed by atoms with Crippen LogP contribution < -0.4 is 14.0 Å². The van der Waals surface area contributed by atoms with Gasteiger partial charge in [-0.1, -0.05) is 82.9 Å². The van der Waals surface area contributed by atoms with Crippen molar-refractivity contribution < 1.29 is 32.7 Å². The van der Waals surface area contributed by atoms with Crippen molar-refractivity contribution in [1.82, 2.24) is 4.90 Å². The van der Waals surface area contributed by atoms with Crippen molar-refractivity contribution in [2.45, 2.75) is 90.7 Å². The Labute approximate surface area is 262 Å². The number of nitrogens with zero attached hydrogens (tertiary/aromatic N) is 1. The summed E-state index contributed by atoms with van der Waals surface area (Å²) in [4.78, 5) is 13.7. The number of ether oxygens (including phenoxy) is 3. The number of rotatable bonds is 23. The van der Waals surface area contributed by atoms with E-state index < -0.39 is 13.9 Å². The second-order valence-corrected chi connectivity index (χ2v) is 13.5. The normalized spacial score (nSPS) is 15.2. The van der Waals surface area contributed by atoms with Crippen molar-refractivity contribution in [2.24, 2.45) is 0 Å². The number of unbranched alkanes of at least 4 members (excludes halogenated alkanes) is 9. The van der Waals surface area contributed by atoms with E-state index in [1.807, 2.05) is 36.4 Å². The van der Waals surface area contributed by atoms with Crippen LogP contribution in [0.5, 0.6) is 17.2 Å². The van der Waals surface area contributed by atoms with Crippen LogP contribution >= 0.6 is 19.6 Å². The second-order valence-electron chi connectivity index (χ2n) is 10.9. The molecule has 3 rings (SSSR count). The van der Waals surface area contributed by atoms with Crippen molar-refractivity contribution in [3.05, 3.63) is 65.2 Å². The molecule has 0 fully saturated rings. The molecule has 0 radical (unpaired) electrons. The first kappa shape index (κ1) is 35.3. The summed E-state index contributed by atoms with van der Waals surface area (Å²) in [6.07, 6.45) is 14.4. The van der Waals surface area contributed by atoms with Crippen LogP contribution in [0.3, 0.4) is 0 Å². The zero-order valence-electron chi connectivity index (χ0n) is 26.1. The van der Waals surface area contributed by atoms with Crippen molar-refractivity contribution in [2.75, 3.05) is 32.8 Å². The molecule has 0 saturated carbocycles. The largest absolute Gasteiger partial charge is 0.527 e. The van der Waals surface area contributed by atoms with E-state index in [4.69, 9.17) is 23.3 Å². The van der Waals surface area contributed by atoms with Crippen molar-refractivity contribution in [1.29, 1.82) is 0 Å². The Morgan fingerprint density at radius 3 is 2.16 bits per heavy atom. The minimum Gasteiger partial charge on any atom is -0.493 e. The smallest absolute Gasteiger partial charge is 0.493 e. The quantitative estimate of drug-likeness (QED) is 0.0950. The molecule has 1 aliphatic heterocycles. The number of phosphoric ester groups is 1. The summed E-state index contributed by atoms with van der Waals surface area (Å²) >= 11 is 1.81.